The van der Waals surface area contributed by atoms with Crippen LogP contribution in [0.3, 0.4) is 0 Å². The highest BCUT2D eigenvalue weighted by atomic mass is 16.2. The number of anilines is 2. The summed E-state index contributed by atoms with van der Waals surface area (Å²) in [5, 5.41) is 2.79. The average Bonchev–Trinajstić information content (AvgIpc) is 2.90. The maximum Gasteiger partial charge on any atom is 0.256 e. The summed E-state index contributed by atoms with van der Waals surface area (Å²) in [7, 11) is 0. The standard InChI is InChI=1S/C20H14N2O2/c21-16-10-3-4-11-17(16)22-20(24)15-9-5-8-13-12-6-1-2-7-14(12)19(23)18(13)15/h1-11H,21H2,(H,22,24). The fourth-order valence-electron chi connectivity index (χ4n) is 3.06. The SMILES string of the molecule is Nc1ccccc1NC(=O)c1cccc2c1C(=O)c1ccccc1-2. The van der Waals surface area contributed by atoms with E-state index >= 15 is 0 Å². The molecule has 4 nitrogen and oxygen atoms in total. The van der Waals surface area contributed by atoms with Crippen molar-refractivity contribution in [3.8, 4) is 11.1 Å². The minimum absolute atomic E-state index is 0.118. The summed E-state index contributed by atoms with van der Waals surface area (Å²) < 4.78 is 0. The number of fused-ring (bicyclic) bond motifs is 3. The Kier molecular flexibility index (Phi) is 3.17. The van der Waals surface area contributed by atoms with Crippen LogP contribution in [-0.2, 0) is 0 Å². The Balaban J connectivity index is 1.78. The molecular weight excluding hydrogens is 300 g/mol. The maximum absolute atomic E-state index is 12.7. The molecule has 0 spiro atoms. The molecule has 0 unspecified atom stereocenters. The van der Waals surface area contributed by atoms with E-state index in [2.05, 4.69) is 5.32 Å². The first-order chi connectivity index (χ1) is 11.7. The summed E-state index contributed by atoms with van der Waals surface area (Å²) in [5.41, 5.74) is 9.99. The first kappa shape index (κ1) is 14.2. The Morgan fingerprint density at radius 3 is 2.25 bits per heavy atom. The number of hydrogen-bond acceptors (Lipinski definition) is 3. The summed E-state index contributed by atoms with van der Waals surface area (Å²) in [6.07, 6.45) is 0. The minimum atomic E-state index is -0.342. The highest BCUT2D eigenvalue weighted by Crippen LogP contribution is 2.38. The zero-order valence-electron chi connectivity index (χ0n) is 12.7. The van der Waals surface area contributed by atoms with Gasteiger partial charge in [0.2, 0.25) is 0 Å². The second kappa shape index (κ2) is 5.35. The van der Waals surface area contributed by atoms with Gasteiger partial charge in [-0.3, -0.25) is 9.59 Å². The highest BCUT2D eigenvalue weighted by molar-refractivity contribution is 6.26. The van der Waals surface area contributed by atoms with Gasteiger partial charge in [-0.25, -0.2) is 0 Å². The molecule has 24 heavy (non-hydrogen) atoms. The number of benzene rings is 3. The molecule has 0 radical (unpaired) electrons. The van der Waals surface area contributed by atoms with Crippen molar-refractivity contribution < 1.29 is 9.59 Å². The molecular formula is C20H14N2O2. The van der Waals surface area contributed by atoms with Gasteiger partial charge in [-0.05, 0) is 29.3 Å². The zero-order valence-corrected chi connectivity index (χ0v) is 12.7. The van der Waals surface area contributed by atoms with E-state index in [-0.39, 0.29) is 11.7 Å². The molecule has 1 amide bonds. The second-order valence-corrected chi connectivity index (χ2v) is 5.64. The monoisotopic (exact) mass is 314 g/mol. The fraction of sp³-hybridized carbons (Fsp3) is 0. The molecule has 0 aromatic heterocycles. The van der Waals surface area contributed by atoms with Crippen molar-refractivity contribution in [2.75, 3.05) is 11.1 Å². The molecule has 0 saturated heterocycles. The molecule has 0 saturated carbocycles. The molecule has 0 aliphatic heterocycles. The van der Waals surface area contributed by atoms with E-state index < -0.39 is 0 Å². The van der Waals surface area contributed by atoms with E-state index in [4.69, 9.17) is 5.73 Å². The molecule has 3 aromatic carbocycles. The van der Waals surface area contributed by atoms with E-state index in [9.17, 15) is 9.59 Å². The third-order valence-electron chi connectivity index (χ3n) is 4.21. The van der Waals surface area contributed by atoms with Crippen LogP contribution in [0, 0.1) is 0 Å². The Labute approximate surface area is 138 Å². The molecule has 3 aromatic rings. The lowest BCUT2D eigenvalue weighted by atomic mass is 10.00. The van der Waals surface area contributed by atoms with Crippen molar-refractivity contribution in [1.29, 1.82) is 0 Å². The highest BCUT2D eigenvalue weighted by Gasteiger charge is 2.30. The summed E-state index contributed by atoms with van der Waals surface area (Å²) in [6.45, 7) is 0. The van der Waals surface area contributed by atoms with Gasteiger partial charge in [0, 0.05) is 11.1 Å². The third-order valence-corrected chi connectivity index (χ3v) is 4.21. The van der Waals surface area contributed by atoms with Gasteiger partial charge >= 0.3 is 0 Å². The van der Waals surface area contributed by atoms with E-state index in [1.54, 1.807) is 42.5 Å². The van der Waals surface area contributed by atoms with Crippen molar-refractivity contribution in [3.05, 3.63) is 83.4 Å². The molecule has 4 heteroatoms. The number of nitrogens with two attached hydrogens (primary N) is 1. The predicted octanol–water partition coefficient (Wildman–Crippen LogP) is 3.73. The van der Waals surface area contributed by atoms with E-state index in [0.717, 1.165) is 11.1 Å². The van der Waals surface area contributed by atoms with Crippen LogP contribution in [0.1, 0.15) is 26.3 Å². The van der Waals surface area contributed by atoms with Crippen LogP contribution in [0.5, 0.6) is 0 Å². The average molecular weight is 314 g/mol. The van der Waals surface area contributed by atoms with Crippen molar-refractivity contribution in [2.24, 2.45) is 0 Å². The molecule has 1 aliphatic rings. The number of nitrogens with one attached hydrogen (secondary N) is 1. The molecule has 1 aliphatic carbocycles. The second-order valence-electron chi connectivity index (χ2n) is 5.64. The summed E-state index contributed by atoms with van der Waals surface area (Å²) in [6, 6.07) is 19.8. The van der Waals surface area contributed by atoms with Crippen LogP contribution in [0.15, 0.2) is 66.7 Å². The topological polar surface area (TPSA) is 72.2 Å². The van der Waals surface area contributed by atoms with E-state index in [1.807, 2.05) is 24.3 Å². The Bertz CT molecular complexity index is 992. The lowest BCUT2D eigenvalue weighted by Gasteiger charge is -2.10. The number of rotatable bonds is 2. The largest absolute Gasteiger partial charge is 0.397 e. The zero-order chi connectivity index (χ0) is 16.7. The van der Waals surface area contributed by atoms with Gasteiger partial charge in [-0.1, -0.05) is 48.5 Å². The number of para-hydroxylation sites is 2. The Morgan fingerprint density at radius 1 is 0.792 bits per heavy atom. The van der Waals surface area contributed by atoms with Crippen LogP contribution in [0.25, 0.3) is 11.1 Å². The molecule has 0 fully saturated rings. The first-order valence-electron chi connectivity index (χ1n) is 7.60. The minimum Gasteiger partial charge on any atom is -0.397 e. The molecule has 3 N–H and O–H groups in total. The smallest absolute Gasteiger partial charge is 0.256 e. The Hall–Kier alpha value is -3.40. The van der Waals surface area contributed by atoms with Gasteiger partial charge in [0.25, 0.3) is 5.91 Å². The number of carbonyl (C=O) groups is 2. The fourth-order valence-corrected chi connectivity index (χ4v) is 3.06. The molecule has 0 heterocycles. The van der Waals surface area contributed by atoms with Crippen LogP contribution >= 0.6 is 0 Å². The summed E-state index contributed by atoms with van der Waals surface area (Å²) in [5.74, 6) is -0.460. The molecule has 116 valence electrons. The maximum atomic E-state index is 12.7. The van der Waals surface area contributed by atoms with Crippen molar-refractivity contribution >= 4 is 23.1 Å². The molecule has 0 bridgehead atoms. The van der Waals surface area contributed by atoms with E-state index in [0.29, 0.717) is 28.1 Å². The quantitative estimate of drug-likeness (QED) is 0.554. The number of ketones is 1. The lowest BCUT2D eigenvalue weighted by Crippen LogP contribution is -2.16. The Morgan fingerprint density at radius 2 is 1.46 bits per heavy atom. The van der Waals surface area contributed by atoms with Crippen molar-refractivity contribution in [1.82, 2.24) is 0 Å². The number of hydrogen-bond donors (Lipinski definition) is 2. The number of nitrogen functional groups attached to an aromatic ring is 1. The third kappa shape index (κ3) is 2.08. The molecule has 4 rings (SSSR count). The summed E-state index contributed by atoms with van der Waals surface area (Å²) in [4.78, 5) is 25.4. The van der Waals surface area contributed by atoms with Gasteiger partial charge in [-0.2, -0.15) is 0 Å². The number of amides is 1. The normalized spacial score (nSPS) is 11.8. The van der Waals surface area contributed by atoms with Crippen LogP contribution in [-0.4, -0.2) is 11.7 Å². The van der Waals surface area contributed by atoms with Gasteiger partial charge in [-0.15, -0.1) is 0 Å². The van der Waals surface area contributed by atoms with Crippen LogP contribution in [0.4, 0.5) is 11.4 Å². The predicted molar refractivity (Wildman–Crippen MR) is 94.1 cm³/mol. The van der Waals surface area contributed by atoms with E-state index in [1.165, 1.54) is 0 Å². The lowest BCUT2D eigenvalue weighted by molar-refractivity contribution is 0.0999. The first-order valence-corrected chi connectivity index (χ1v) is 7.60. The van der Waals surface area contributed by atoms with Crippen LogP contribution < -0.4 is 11.1 Å². The van der Waals surface area contributed by atoms with Crippen molar-refractivity contribution in [2.45, 2.75) is 0 Å². The number of carbonyl (C=O) groups excluding carboxylic acids is 2. The molecule has 0 atom stereocenters. The van der Waals surface area contributed by atoms with Gasteiger partial charge < -0.3 is 11.1 Å². The van der Waals surface area contributed by atoms with Gasteiger partial charge in [0.15, 0.2) is 5.78 Å². The van der Waals surface area contributed by atoms with Crippen LogP contribution in [0.2, 0.25) is 0 Å². The van der Waals surface area contributed by atoms with Crippen molar-refractivity contribution in [3.63, 3.8) is 0 Å². The van der Waals surface area contributed by atoms with Gasteiger partial charge in [0.1, 0.15) is 0 Å². The van der Waals surface area contributed by atoms with Gasteiger partial charge in [0.05, 0.1) is 16.9 Å². The summed E-state index contributed by atoms with van der Waals surface area (Å²) >= 11 is 0.